The molecule has 0 fully saturated rings. The van der Waals surface area contributed by atoms with Gasteiger partial charge in [-0.2, -0.15) is 0 Å². The van der Waals surface area contributed by atoms with E-state index in [1.165, 1.54) is 11.1 Å². The van der Waals surface area contributed by atoms with Crippen molar-refractivity contribution < 1.29 is 14.3 Å². The third-order valence-corrected chi connectivity index (χ3v) is 6.01. The first-order valence-electron chi connectivity index (χ1n) is 12.2. The van der Waals surface area contributed by atoms with Crippen LogP contribution in [0.2, 0.25) is 0 Å². The second-order valence-corrected chi connectivity index (χ2v) is 9.79. The molecule has 0 bridgehead atoms. The standard InChI is InChI=1S/C28H38N2O3/c1-7-25(28(32)29-19(4)5)33-23-13-12-21-14-15-30(26(31)16-18(2)3)27(24(21)17-23)22-10-8-20(6)9-11-22/h8-13,17-19,25,27H,7,14-16H2,1-6H3,(H,29,32)/t25-,27-/m0/s1. The third kappa shape index (κ3) is 6.16. The minimum atomic E-state index is -0.550. The number of nitrogens with one attached hydrogen (secondary N) is 1. The van der Waals surface area contributed by atoms with Crippen LogP contribution in [0, 0.1) is 12.8 Å². The Hall–Kier alpha value is -2.82. The van der Waals surface area contributed by atoms with Crippen molar-refractivity contribution in [2.75, 3.05) is 6.54 Å². The third-order valence-electron chi connectivity index (χ3n) is 6.01. The molecule has 0 spiro atoms. The molecule has 1 heterocycles. The molecule has 2 aromatic rings. The molecule has 1 aliphatic rings. The van der Waals surface area contributed by atoms with Gasteiger partial charge in [-0.05, 0) is 68.4 Å². The van der Waals surface area contributed by atoms with E-state index in [0.717, 1.165) is 17.5 Å². The van der Waals surface area contributed by atoms with E-state index in [2.05, 4.69) is 56.4 Å². The Morgan fingerprint density at radius 3 is 2.39 bits per heavy atom. The summed E-state index contributed by atoms with van der Waals surface area (Å²) in [5, 5.41) is 2.94. The van der Waals surface area contributed by atoms with Gasteiger partial charge in [0.25, 0.3) is 5.91 Å². The molecule has 2 atom stereocenters. The Morgan fingerprint density at radius 1 is 1.09 bits per heavy atom. The Labute approximate surface area is 198 Å². The second kappa shape index (κ2) is 10.9. The average Bonchev–Trinajstić information content (AvgIpc) is 2.76. The highest BCUT2D eigenvalue weighted by molar-refractivity contribution is 5.81. The molecular formula is C28H38N2O3. The van der Waals surface area contributed by atoms with Gasteiger partial charge in [-0.1, -0.05) is 56.7 Å². The van der Waals surface area contributed by atoms with Gasteiger partial charge in [0.2, 0.25) is 5.91 Å². The first kappa shape index (κ1) is 24.8. The van der Waals surface area contributed by atoms with E-state index in [1.807, 2.05) is 37.8 Å². The molecule has 0 saturated carbocycles. The SMILES string of the molecule is CC[C@H](Oc1ccc2c(c1)[C@H](c1ccc(C)cc1)N(C(=O)CC(C)C)CC2)C(=O)NC(C)C. The Bertz CT molecular complexity index is 966. The van der Waals surface area contributed by atoms with Gasteiger partial charge in [-0.3, -0.25) is 9.59 Å². The number of fused-ring (bicyclic) bond motifs is 1. The number of rotatable bonds is 8. The summed E-state index contributed by atoms with van der Waals surface area (Å²) in [4.78, 5) is 27.8. The molecule has 2 amide bonds. The number of aryl methyl sites for hydroxylation is 1. The molecule has 0 unspecified atom stereocenters. The van der Waals surface area contributed by atoms with Crippen LogP contribution in [-0.2, 0) is 16.0 Å². The number of hydrogen-bond acceptors (Lipinski definition) is 3. The summed E-state index contributed by atoms with van der Waals surface area (Å²) in [6.07, 6.45) is 1.37. The zero-order chi connectivity index (χ0) is 24.1. The van der Waals surface area contributed by atoms with E-state index in [9.17, 15) is 9.59 Å². The van der Waals surface area contributed by atoms with Crippen LogP contribution in [0.15, 0.2) is 42.5 Å². The number of amides is 2. The predicted octanol–water partition coefficient (Wildman–Crippen LogP) is 5.20. The summed E-state index contributed by atoms with van der Waals surface area (Å²) >= 11 is 0. The zero-order valence-electron chi connectivity index (χ0n) is 20.9. The first-order chi connectivity index (χ1) is 15.7. The minimum absolute atomic E-state index is 0.0603. The van der Waals surface area contributed by atoms with Crippen LogP contribution in [-0.4, -0.2) is 35.4 Å². The van der Waals surface area contributed by atoms with Gasteiger partial charge in [0.1, 0.15) is 5.75 Å². The van der Waals surface area contributed by atoms with Crippen molar-refractivity contribution in [3.8, 4) is 5.75 Å². The fourth-order valence-electron chi connectivity index (χ4n) is 4.37. The summed E-state index contributed by atoms with van der Waals surface area (Å²) in [5.74, 6) is 1.04. The molecule has 0 saturated heterocycles. The maximum Gasteiger partial charge on any atom is 0.261 e. The van der Waals surface area contributed by atoms with Crippen molar-refractivity contribution in [3.63, 3.8) is 0 Å². The fourth-order valence-corrected chi connectivity index (χ4v) is 4.37. The molecule has 0 aromatic heterocycles. The van der Waals surface area contributed by atoms with Crippen LogP contribution in [0.25, 0.3) is 0 Å². The van der Waals surface area contributed by atoms with Crippen LogP contribution >= 0.6 is 0 Å². The highest BCUT2D eigenvalue weighted by Crippen LogP contribution is 2.38. The van der Waals surface area contributed by atoms with E-state index in [1.54, 1.807) is 0 Å². The van der Waals surface area contributed by atoms with Crippen LogP contribution in [0.3, 0.4) is 0 Å². The maximum atomic E-state index is 13.2. The monoisotopic (exact) mass is 450 g/mol. The van der Waals surface area contributed by atoms with Crippen molar-refractivity contribution in [1.82, 2.24) is 10.2 Å². The molecule has 0 radical (unpaired) electrons. The normalized spacial score (nSPS) is 16.5. The topological polar surface area (TPSA) is 58.6 Å². The van der Waals surface area contributed by atoms with E-state index in [0.29, 0.717) is 31.1 Å². The molecule has 5 nitrogen and oxygen atoms in total. The molecule has 3 rings (SSSR count). The summed E-state index contributed by atoms with van der Waals surface area (Å²) in [6.45, 7) is 12.8. The molecule has 33 heavy (non-hydrogen) atoms. The summed E-state index contributed by atoms with van der Waals surface area (Å²) < 4.78 is 6.14. The summed E-state index contributed by atoms with van der Waals surface area (Å²) in [6, 6.07) is 14.4. The van der Waals surface area contributed by atoms with E-state index >= 15 is 0 Å². The van der Waals surface area contributed by atoms with Gasteiger partial charge in [-0.25, -0.2) is 0 Å². The van der Waals surface area contributed by atoms with E-state index in [-0.39, 0.29) is 23.9 Å². The Balaban J connectivity index is 1.98. The van der Waals surface area contributed by atoms with Crippen molar-refractivity contribution in [2.45, 2.75) is 79.0 Å². The first-order valence-corrected chi connectivity index (χ1v) is 12.2. The lowest BCUT2D eigenvalue weighted by atomic mass is 9.87. The van der Waals surface area contributed by atoms with Crippen molar-refractivity contribution >= 4 is 11.8 Å². The molecule has 1 aliphatic heterocycles. The molecule has 5 heteroatoms. The Kier molecular flexibility index (Phi) is 8.17. The largest absolute Gasteiger partial charge is 0.481 e. The molecule has 0 aliphatic carbocycles. The lowest BCUT2D eigenvalue weighted by Crippen LogP contribution is -2.42. The highest BCUT2D eigenvalue weighted by Gasteiger charge is 2.33. The van der Waals surface area contributed by atoms with Crippen LogP contribution in [0.4, 0.5) is 0 Å². The lowest BCUT2D eigenvalue weighted by Gasteiger charge is -2.38. The van der Waals surface area contributed by atoms with Crippen molar-refractivity contribution in [2.24, 2.45) is 5.92 Å². The lowest BCUT2D eigenvalue weighted by molar-refractivity contribution is -0.134. The van der Waals surface area contributed by atoms with Gasteiger partial charge >= 0.3 is 0 Å². The number of ether oxygens (including phenoxy) is 1. The quantitative estimate of drug-likeness (QED) is 0.602. The predicted molar refractivity (Wildman–Crippen MR) is 132 cm³/mol. The summed E-state index contributed by atoms with van der Waals surface area (Å²) in [7, 11) is 0. The number of carbonyl (C=O) groups is 2. The van der Waals surface area contributed by atoms with Gasteiger partial charge in [0.05, 0.1) is 6.04 Å². The molecular weight excluding hydrogens is 412 g/mol. The number of hydrogen-bond donors (Lipinski definition) is 1. The average molecular weight is 451 g/mol. The van der Waals surface area contributed by atoms with Gasteiger partial charge in [0, 0.05) is 19.0 Å². The van der Waals surface area contributed by atoms with Crippen LogP contribution in [0.1, 0.15) is 75.8 Å². The minimum Gasteiger partial charge on any atom is -0.481 e. The van der Waals surface area contributed by atoms with E-state index < -0.39 is 6.10 Å². The van der Waals surface area contributed by atoms with Crippen molar-refractivity contribution in [3.05, 3.63) is 64.7 Å². The van der Waals surface area contributed by atoms with Crippen LogP contribution < -0.4 is 10.1 Å². The second-order valence-electron chi connectivity index (χ2n) is 9.79. The maximum absolute atomic E-state index is 13.2. The highest BCUT2D eigenvalue weighted by atomic mass is 16.5. The number of carbonyl (C=O) groups excluding carboxylic acids is 2. The molecule has 178 valence electrons. The molecule has 1 N–H and O–H groups in total. The van der Waals surface area contributed by atoms with Crippen LogP contribution in [0.5, 0.6) is 5.75 Å². The smallest absolute Gasteiger partial charge is 0.261 e. The summed E-state index contributed by atoms with van der Waals surface area (Å²) in [5.41, 5.74) is 4.59. The van der Waals surface area contributed by atoms with E-state index in [4.69, 9.17) is 4.74 Å². The number of benzene rings is 2. The Morgan fingerprint density at radius 2 is 1.79 bits per heavy atom. The van der Waals surface area contributed by atoms with Gasteiger partial charge < -0.3 is 15.0 Å². The number of nitrogens with zero attached hydrogens (tertiary/aromatic N) is 1. The van der Waals surface area contributed by atoms with Gasteiger partial charge in [0.15, 0.2) is 6.10 Å². The molecule has 2 aromatic carbocycles. The van der Waals surface area contributed by atoms with Gasteiger partial charge in [-0.15, -0.1) is 0 Å². The fraction of sp³-hybridized carbons (Fsp3) is 0.500. The van der Waals surface area contributed by atoms with Crippen molar-refractivity contribution in [1.29, 1.82) is 0 Å². The zero-order valence-corrected chi connectivity index (χ0v) is 20.9.